The number of halogens is 1. The van der Waals surface area contributed by atoms with Crippen LogP contribution in [0.5, 0.6) is 0 Å². The highest BCUT2D eigenvalue weighted by molar-refractivity contribution is 5.77. The summed E-state index contributed by atoms with van der Waals surface area (Å²) in [5.74, 6) is 0.0815. The molecule has 1 aliphatic heterocycles. The molecule has 0 atom stereocenters. The zero-order chi connectivity index (χ0) is 25.2. The second-order valence-electron chi connectivity index (χ2n) is 10.1. The lowest BCUT2D eigenvalue weighted by atomic mass is 9.85. The molecule has 2 aliphatic rings. The van der Waals surface area contributed by atoms with Crippen molar-refractivity contribution in [2.24, 2.45) is 0 Å². The molecule has 1 aromatic carbocycles. The van der Waals surface area contributed by atoms with E-state index in [9.17, 15) is 14.3 Å². The lowest BCUT2D eigenvalue weighted by Crippen LogP contribution is -2.42. The van der Waals surface area contributed by atoms with Crippen LogP contribution >= 0.6 is 0 Å². The Morgan fingerprint density at radius 1 is 1.19 bits per heavy atom. The van der Waals surface area contributed by atoms with E-state index < -0.39 is 11.4 Å². The fourth-order valence-corrected chi connectivity index (χ4v) is 5.06. The summed E-state index contributed by atoms with van der Waals surface area (Å²) in [5, 5.41) is 17.6. The monoisotopic (exact) mass is 489 g/mol. The summed E-state index contributed by atoms with van der Waals surface area (Å²) in [6, 6.07) is 8.98. The van der Waals surface area contributed by atoms with Crippen molar-refractivity contribution in [1.82, 2.24) is 29.6 Å². The van der Waals surface area contributed by atoms with Crippen molar-refractivity contribution >= 4 is 22.7 Å². The van der Waals surface area contributed by atoms with Crippen LogP contribution in [0.4, 0.5) is 16.0 Å². The van der Waals surface area contributed by atoms with Gasteiger partial charge in [-0.2, -0.15) is 4.98 Å². The van der Waals surface area contributed by atoms with Crippen LogP contribution in [0.3, 0.4) is 0 Å². The number of benzene rings is 1. The van der Waals surface area contributed by atoms with Crippen LogP contribution in [-0.2, 0) is 24.1 Å². The van der Waals surface area contributed by atoms with E-state index in [0.717, 1.165) is 18.7 Å². The topological polar surface area (TPSA) is 110 Å². The van der Waals surface area contributed by atoms with E-state index in [0.29, 0.717) is 42.2 Å². The zero-order valence-electron chi connectivity index (χ0n) is 20.5. The average Bonchev–Trinajstić information content (AvgIpc) is 3.53. The summed E-state index contributed by atoms with van der Waals surface area (Å²) >= 11 is 0. The van der Waals surface area contributed by atoms with Gasteiger partial charge in [0.15, 0.2) is 11.5 Å². The van der Waals surface area contributed by atoms with Crippen molar-refractivity contribution in [3.05, 3.63) is 69.5 Å². The van der Waals surface area contributed by atoms with Crippen LogP contribution < -0.4 is 16.2 Å². The molecule has 0 saturated heterocycles. The number of aromatic nitrogens is 5. The van der Waals surface area contributed by atoms with Gasteiger partial charge in [-0.3, -0.25) is 4.79 Å². The van der Waals surface area contributed by atoms with E-state index in [1.54, 1.807) is 4.68 Å². The smallest absolute Gasteiger partial charge is 0.278 e. The zero-order valence-corrected chi connectivity index (χ0v) is 20.5. The van der Waals surface area contributed by atoms with Crippen molar-refractivity contribution in [2.75, 3.05) is 11.9 Å². The summed E-state index contributed by atoms with van der Waals surface area (Å²) in [7, 11) is 0. The maximum Gasteiger partial charge on any atom is 0.278 e. The Kier molecular flexibility index (Phi) is 5.03. The lowest BCUT2D eigenvalue weighted by molar-refractivity contribution is 0.141. The van der Waals surface area contributed by atoms with Gasteiger partial charge < -0.3 is 15.7 Å². The van der Waals surface area contributed by atoms with E-state index in [1.165, 1.54) is 34.1 Å². The molecule has 186 valence electrons. The molecule has 4 aromatic rings. The molecule has 10 heteroatoms. The number of hydrogen-bond donors (Lipinski definition) is 3. The molecule has 1 fully saturated rings. The number of hydrogen-bond acceptors (Lipinski definition) is 7. The van der Waals surface area contributed by atoms with Gasteiger partial charge in [0, 0.05) is 24.0 Å². The Bertz CT molecular complexity index is 1570. The van der Waals surface area contributed by atoms with Crippen molar-refractivity contribution in [2.45, 2.75) is 57.7 Å². The minimum atomic E-state index is -1.25. The second kappa shape index (κ2) is 7.94. The standard InChI is InChI=1S/C26H28FN7O2/c1-4-33-23(35)17-14-28-24(30-16-5-6-18-15(13-16)9-12-29-25(18,2)3)32-22(17)34(33)20-8-7-19(27)21(31-20)26(36)10-11-26/h5-8,13-14,29,36H,4,9-12H2,1-3H3,(H,28,30,32). The highest BCUT2D eigenvalue weighted by atomic mass is 19.1. The first-order valence-corrected chi connectivity index (χ1v) is 12.2. The van der Waals surface area contributed by atoms with Crippen LogP contribution in [-0.4, -0.2) is 36.0 Å². The highest BCUT2D eigenvalue weighted by Gasteiger charge is 2.46. The maximum absolute atomic E-state index is 14.5. The molecule has 0 spiro atoms. The number of fused-ring (bicyclic) bond motifs is 2. The fraction of sp³-hybridized carbons (Fsp3) is 0.385. The first kappa shape index (κ1) is 22.8. The summed E-state index contributed by atoms with van der Waals surface area (Å²) in [6.45, 7) is 7.44. The first-order valence-electron chi connectivity index (χ1n) is 12.2. The van der Waals surface area contributed by atoms with Crippen molar-refractivity contribution in [3.63, 3.8) is 0 Å². The van der Waals surface area contributed by atoms with Crippen LogP contribution in [0, 0.1) is 5.82 Å². The van der Waals surface area contributed by atoms with Gasteiger partial charge in [-0.05, 0) is 82.0 Å². The predicted octanol–water partition coefficient (Wildman–Crippen LogP) is 3.24. The molecule has 3 N–H and O–H groups in total. The van der Waals surface area contributed by atoms with Gasteiger partial charge >= 0.3 is 0 Å². The van der Waals surface area contributed by atoms with Gasteiger partial charge in [-0.25, -0.2) is 23.7 Å². The Morgan fingerprint density at radius 3 is 2.75 bits per heavy atom. The normalized spacial score (nSPS) is 17.7. The average molecular weight is 490 g/mol. The van der Waals surface area contributed by atoms with Gasteiger partial charge in [-0.1, -0.05) is 6.07 Å². The van der Waals surface area contributed by atoms with Crippen LogP contribution in [0.2, 0.25) is 0 Å². The number of anilines is 2. The predicted molar refractivity (Wildman–Crippen MR) is 134 cm³/mol. The minimum Gasteiger partial charge on any atom is -0.383 e. The van der Waals surface area contributed by atoms with Gasteiger partial charge in [-0.15, -0.1) is 0 Å². The van der Waals surface area contributed by atoms with E-state index in [2.05, 4.69) is 51.6 Å². The maximum atomic E-state index is 14.5. The molecule has 3 aromatic heterocycles. The Balaban J connectivity index is 1.43. The lowest BCUT2D eigenvalue weighted by Gasteiger charge is -2.34. The van der Waals surface area contributed by atoms with Crippen LogP contribution in [0.25, 0.3) is 16.9 Å². The van der Waals surface area contributed by atoms with Crippen molar-refractivity contribution < 1.29 is 9.50 Å². The van der Waals surface area contributed by atoms with E-state index in [1.807, 2.05) is 13.0 Å². The number of rotatable bonds is 5. The quantitative estimate of drug-likeness (QED) is 0.395. The third kappa shape index (κ3) is 3.59. The minimum absolute atomic E-state index is 0.00386. The van der Waals surface area contributed by atoms with E-state index >= 15 is 0 Å². The summed E-state index contributed by atoms with van der Waals surface area (Å²) in [5.41, 5.74) is 2.13. The second-order valence-corrected chi connectivity index (χ2v) is 10.1. The first-order chi connectivity index (χ1) is 17.2. The van der Waals surface area contributed by atoms with Gasteiger partial charge in [0.25, 0.3) is 5.56 Å². The number of aliphatic hydroxyl groups is 1. The number of pyridine rings is 1. The molecule has 4 heterocycles. The van der Waals surface area contributed by atoms with Crippen LogP contribution in [0.1, 0.15) is 50.4 Å². The SMILES string of the molecule is CCn1c(=O)c2cnc(Nc3ccc4c(c3)CCNC4(C)C)nc2n1-c1ccc(F)c(C2(O)CC2)n1. The number of nitrogens with one attached hydrogen (secondary N) is 2. The molecular formula is C26H28FN7O2. The molecular weight excluding hydrogens is 461 g/mol. The Labute approximate surface area is 207 Å². The van der Waals surface area contributed by atoms with Crippen molar-refractivity contribution in [1.29, 1.82) is 0 Å². The highest BCUT2D eigenvalue weighted by Crippen LogP contribution is 2.45. The molecule has 1 saturated carbocycles. The third-order valence-electron chi connectivity index (χ3n) is 7.18. The summed E-state index contributed by atoms with van der Waals surface area (Å²) in [4.78, 5) is 26.5. The molecule has 0 amide bonds. The molecule has 0 unspecified atom stereocenters. The molecule has 0 bridgehead atoms. The Morgan fingerprint density at radius 2 is 2.00 bits per heavy atom. The molecule has 6 rings (SSSR count). The number of nitrogens with zero attached hydrogens (tertiary/aromatic N) is 5. The third-order valence-corrected chi connectivity index (χ3v) is 7.18. The summed E-state index contributed by atoms with van der Waals surface area (Å²) < 4.78 is 17.5. The van der Waals surface area contributed by atoms with Gasteiger partial charge in [0.1, 0.15) is 22.5 Å². The summed E-state index contributed by atoms with van der Waals surface area (Å²) in [6.07, 6.45) is 3.34. The fourth-order valence-electron chi connectivity index (χ4n) is 5.06. The van der Waals surface area contributed by atoms with E-state index in [-0.39, 0.29) is 16.8 Å². The van der Waals surface area contributed by atoms with Crippen molar-refractivity contribution in [3.8, 4) is 5.82 Å². The van der Waals surface area contributed by atoms with Gasteiger partial charge in [0.05, 0.1) is 0 Å². The van der Waals surface area contributed by atoms with Crippen LogP contribution in [0.15, 0.2) is 41.3 Å². The molecule has 9 nitrogen and oxygen atoms in total. The molecule has 36 heavy (non-hydrogen) atoms. The van der Waals surface area contributed by atoms with E-state index in [4.69, 9.17) is 0 Å². The van der Waals surface area contributed by atoms with Gasteiger partial charge in [0.2, 0.25) is 5.95 Å². The Hall–Kier alpha value is -3.63. The largest absolute Gasteiger partial charge is 0.383 e. The molecule has 0 radical (unpaired) electrons. The molecule has 1 aliphatic carbocycles.